The topological polar surface area (TPSA) is 9.23 Å². The molecule has 0 aliphatic rings. The number of ether oxygens (including phenoxy) is 1. The molecule has 0 bridgehead atoms. The first kappa shape index (κ1) is 14.8. The van der Waals surface area contributed by atoms with E-state index in [1.54, 1.807) is 7.11 Å². The first-order chi connectivity index (χ1) is 9.83. The Balaban J connectivity index is 2.01. The van der Waals surface area contributed by atoms with Crippen LogP contribution in [0.5, 0.6) is 0 Å². The van der Waals surface area contributed by atoms with Crippen LogP contribution in [0.3, 0.4) is 0 Å². The molecule has 0 fully saturated rings. The lowest BCUT2D eigenvalue weighted by Gasteiger charge is -2.06. The Kier molecular flexibility index (Phi) is 5.82. The van der Waals surface area contributed by atoms with E-state index in [1.165, 1.54) is 47.9 Å². The molecule has 106 valence electrons. The quantitative estimate of drug-likeness (QED) is 0.624. The van der Waals surface area contributed by atoms with Gasteiger partial charge in [0.1, 0.15) is 0 Å². The molecule has 0 atom stereocenters. The average molecular weight is 268 g/mol. The molecule has 20 heavy (non-hydrogen) atoms. The van der Waals surface area contributed by atoms with E-state index in [0.29, 0.717) is 6.61 Å². The molecule has 0 amide bonds. The molecule has 0 spiro atoms. The minimum Gasteiger partial charge on any atom is -0.380 e. The number of methoxy groups -OCH3 is 1. The molecule has 0 N–H and O–H groups in total. The number of hydrogen-bond donors (Lipinski definition) is 0. The van der Waals surface area contributed by atoms with Gasteiger partial charge in [-0.3, -0.25) is 0 Å². The zero-order valence-corrected chi connectivity index (χ0v) is 12.6. The molecule has 1 nitrogen and oxygen atoms in total. The van der Waals surface area contributed by atoms with Crippen LogP contribution in [-0.4, -0.2) is 7.11 Å². The zero-order valence-electron chi connectivity index (χ0n) is 12.6. The van der Waals surface area contributed by atoms with Crippen molar-refractivity contribution in [3.8, 4) is 11.1 Å². The largest absolute Gasteiger partial charge is 0.380 e. The van der Waals surface area contributed by atoms with Gasteiger partial charge in [0.05, 0.1) is 6.61 Å². The fraction of sp³-hybridized carbons (Fsp3) is 0.368. The maximum absolute atomic E-state index is 5.14. The molecule has 0 radical (unpaired) electrons. The van der Waals surface area contributed by atoms with E-state index in [2.05, 4.69) is 55.5 Å². The van der Waals surface area contributed by atoms with Crippen molar-refractivity contribution in [3.63, 3.8) is 0 Å². The van der Waals surface area contributed by atoms with Crippen molar-refractivity contribution in [2.45, 2.75) is 39.2 Å². The Bertz CT molecular complexity index is 496. The lowest BCUT2D eigenvalue weighted by Crippen LogP contribution is -1.88. The van der Waals surface area contributed by atoms with E-state index in [0.717, 1.165) is 0 Å². The fourth-order valence-electron chi connectivity index (χ4n) is 2.40. The van der Waals surface area contributed by atoms with Crippen molar-refractivity contribution >= 4 is 0 Å². The van der Waals surface area contributed by atoms with Crippen LogP contribution in [0.25, 0.3) is 11.1 Å². The second kappa shape index (κ2) is 7.86. The van der Waals surface area contributed by atoms with Gasteiger partial charge in [0.15, 0.2) is 0 Å². The van der Waals surface area contributed by atoms with Gasteiger partial charge < -0.3 is 4.74 Å². The minimum atomic E-state index is 0.677. The fourth-order valence-corrected chi connectivity index (χ4v) is 2.40. The summed E-state index contributed by atoms with van der Waals surface area (Å²) in [6.45, 7) is 2.92. The standard InChI is InChI=1S/C19H24O/c1-3-4-5-6-16-7-11-18(12-8-16)19-13-9-17(10-14-19)15-20-2/h7-14H,3-6,15H2,1-2H3. The number of aryl methyl sites for hydroxylation is 1. The first-order valence-electron chi connectivity index (χ1n) is 7.50. The van der Waals surface area contributed by atoms with Crippen LogP contribution in [0.4, 0.5) is 0 Å². The highest BCUT2D eigenvalue weighted by atomic mass is 16.5. The van der Waals surface area contributed by atoms with Gasteiger partial charge in [-0.15, -0.1) is 0 Å². The summed E-state index contributed by atoms with van der Waals surface area (Å²) in [6, 6.07) is 17.6. The second-order valence-electron chi connectivity index (χ2n) is 5.28. The third kappa shape index (κ3) is 4.21. The van der Waals surface area contributed by atoms with Crippen LogP contribution in [0, 0.1) is 0 Å². The van der Waals surface area contributed by atoms with E-state index in [-0.39, 0.29) is 0 Å². The highest BCUT2D eigenvalue weighted by Gasteiger charge is 1.99. The van der Waals surface area contributed by atoms with Crippen molar-refractivity contribution < 1.29 is 4.74 Å². The molecule has 0 heterocycles. The van der Waals surface area contributed by atoms with Crippen LogP contribution in [0.15, 0.2) is 48.5 Å². The summed E-state index contributed by atoms with van der Waals surface area (Å²) < 4.78 is 5.14. The number of hydrogen-bond acceptors (Lipinski definition) is 1. The second-order valence-corrected chi connectivity index (χ2v) is 5.28. The van der Waals surface area contributed by atoms with Crippen LogP contribution in [0.1, 0.15) is 37.3 Å². The molecule has 1 heteroatoms. The number of rotatable bonds is 7. The normalized spacial score (nSPS) is 10.7. The molecule has 0 saturated heterocycles. The Morgan fingerprint density at radius 2 is 1.30 bits per heavy atom. The molecule has 2 aromatic rings. The highest BCUT2D eigenvalue weighted by Crippen LogP contribution is 2.21. The Labute approximate surface area is 122 Å². The van der Waals surface area contributed by atoms with Gasteiger partial charge in [0, 0.05) is 7.11 Å². The Hall–Kier alpha value is -1.60. The predicted octanol–water partition coefficient (Wildman–Crippen LogP) is 5.23. The van der Waals surface area contributed by atoms with E-state index >= 15 is 0 Å². The Morgan fingerprint density at radius 3 is 1.80 bits per heavy atom. The smallest absolute Gasteiger partial charge is 0.0713 e. The maximum Gasteiger partial charge on any atom is 0.0713 e. The van der Waals surface area contributed by atoms with Crippen LogP contribution in [0.2, 0.25) is 0 Å². The van der Waals surface area contributed by atoms with Gasteiger partial charge in [0.2, 0.25) is 0 Å². The third-order valence-corrected chi connectivity index (χ3v) is 3.62. The van der Waals surface area contributed by atoms with Crippen LogP contribution < -0.4 is 0 Å². The first-order valence-corrected chi connectivity index (χ1v) is 7.50. The third-order valence-electron chi connectivity index (χ3n) is 3.62. The summed E-state index contributed by atoms with van der Waals surface area (Å²) in [5.41, 5.74) is 5.21. The van der Waals surface area contributed by atoms with Gasteiger partial charge in [0.25, 0.3) is 0 Å². The van der Waals surface area contributed by atoms with E-state index in [4.69, 9.17) is 4.74 Å². The predicted molar refractivity (Wildman–Crippen MR) is 85.8 cm³/mol. The molecule has 0 aliphatic carbocycles. The summed E-state index contributed by atoms with van der Waals surface area (Å²) in [5.74, 6) is 0. The average Bonchev–Trinajstić information content (AvgIpc) is 2.49. The van der Waals surface area contributed by atoms with E-state index in [9.17, 15) is 0 Å². The van der Waals surface area contributed by atoms with Gasteiger partial charge in [-0.2, -0.15) is 0 Å². The molecule has 0 saturated carbocycles. The maximum atomic E-state index is 5.14. The SMILES string of the molecule is CCCCCc1ccc(-c2ccc(COC)cc2)cc1. The molecular formula is C19H24O. The summed E-state index contributed by atoms with van der Waals surface area (Å²) in [6.07, 6.45) is 5.09. The number of unbranched alkanes of at least 4 members (excludes halogenated alkanes) is 2. The summed E-state index contributed by atoms with van der Waals surface area (Å²) in [4.78, 5) is 0. The molecule has 2 aromatic carbocycles. The molecule has 0 unspecified atom stereocenters. The molecular weight excluding hydrogens is 244 g/mol. The minimum absolute atomic E-state index is 0.677. The number of benzene rings is 2. The van der Waals surface area contributed by atoms with Gasteiger partial charge in [-0.1, -0.05) is 68.3 Å². The monoisotopic (exact) mass is 268 g/mol. The lowest BCUT2D eigenvalue weighted by molar-refractivity contribution is 0.185. The summed E-state index contributed by atoms with van der Waals surface area (Å²) >= 11 is 0. The molecule has 2 rings (SSSR count). The van der Waals surface area contributed by atoms with Crippen molar-refractivity contribution in [2.24, 2.45) is 0 Å². The van der Waals surface area contributed by atoms with Crippen molar-refractivity contribution in [1.82, 2.24) is 0 Å². The van der Waals surface area contributed by atoms with Crippen molar-refractivity contribution in [1.29, 1.82) is 0 Å². The lowest BCUT2D eigenvalue weighted by atomic mass is 10.0. The van der Waals surface area contributed by atoms with Crippen LogP contribution in [-0.2, 0) is 17.8 Å². The highest BCUT2D eigenvalue weighted by molar-refractivity contribution is 5.63. The van der Waals surface area contributed by atoms with Gasteiger partial charge in [-0.05, 0) is 35.1 Å². The van der Waals surface area contributed by atoms with Crippen molar-refractivity contribution in [2.75, 3.05) is 7.11 Å². The Morgan fingerprint density at radius 1 is 0.750 bits per heavy atom. The van der Waals surface area contributed by atoms with Crippen molar-refractivity contribution in [3.05, 3.63) is 59.7 Å². The molecule has 0 aromatic heterocycles. The van der Waals surface area contributed by atoms with Gasteiger partial charge >= 0.3 is 0 Å². The van der Waals surface area contributed by atoms with Crippen LogP contribution >= 0.6 is 0 Å². The zero-order chi connectivity index (χ0) is 14.2. The molecule has 0 aliphatic heterocycles. The van der Waals surface area contributed by atoms with E-state index in [1.807, 2.05) is 0 Å². The summed E-state index contributed by atoms with van der Waals surface area (Å²) in [5, 5.41) is 0. The summed E-state index contributed by atoms with van der Waals surface area (Å²) in [7, 11) is 1.73. The van der Waals surface area contributed by atoms with Gasteiger partial charge in [-0.25, -0.2) is 0 Å². The van der Waals surface area contributed by atoms with E-state index < -0.39 is 0 Å².